The zero-order valence-electron chi connectivity index (χ0n) is 7.52. The lowest BCUT2D eigenvalue weighted by molar-refractivity contribution is -0.401. The van der Waals surface area contributed by atoms with E-state index in [-0.39, 0.29) is 0 Å². The maximum Gasteiger partial charge on any atom is 0.283 e. The first kappa shape index (κ1) is 11.6. The summed E-state index contributed by atoms with van der Waals surface area (Å²) in [5.41, 5.74) is -3.19. The lowest BCUT2D eigenvalue weighted by Gasteiger charge is -1.99. The van der Waals surface area contributed by atoms with Crippen LogP contribution in [0.1, 0.15) is 0 Å². The average Bonchev–Trinajstić information content (AvgIpc) is 2.16. The first-order valence-corrected chi connectivity index (χ1v) is 3.71. The van der Waals surface area contributed by atoms with E-state index in [4.69, 9.17) is 7.85 Å². The highest BCUT2D eigenvalue weighted by Crippen LogP contribution is 2.24. The minimum Gasteiger partial charge on any atom is -0.258 e. The number of non-ortho nitro benzene ring substituents is 1. The number of rotatable bonds is 3. The quantitative estimate of drug-likeness (QED) is 0.408. The van der Waals surface area contributed by atoms with Gasteiger partial charge in [-0.1, -0.05) is 0 Å². The fraction of sp³-hybridized carbons (Fsp3) is 0. The molecule has 80 valence electrons. The minimum atomic E-state index is -1.02. The van der Waals surface area contributed by atoms with Crippen LogP contribution in [0.15, 0.2) is 12.1 Å². The zero-order valence-corrected chi connectivity index (χ0v) is 7.52. The van der Waals surface area contributed by atoms with Crippen LogP contribution in [0.25, 0.3) is 0 Å². The Labute approximate surface area is 88.5 Å². The van der Waals surface area contributed by atoms with Crippen LogP contribution in [-0.4, -0.2) is 22.6 Å². The van der Waals surface area contributed by atoms with Gasteiger partial charge in [-0.25, -0.2) is 0 Å². The van der Waals surface area contributed by atoms with E-state index in [1.54, 1.807) is 0 Å². The molecule has 0 aliphatic carbocycles. The first-order valence-electron chi connectivity index (χ1n) is 3.71. The summed E-state index contributed by atoms with van der Waals surface area (Å²) in [5, 5.41) is 31.3. The zero-order chi connectivity index (χ0) is 12.5. The maximum atomic E-state index is 10.5. The molecule has 0 saturated carbocycles. The molecule has 0 aliphatic rings. The third-order valence-corrected chi connectivity index (χ3v) is 1.73. The van der Waals surface area contributed by atoms with E-state index in [1.165, 1.54) is 0 Å². The Morgan fingerprint density at radius 1 is 0.875 bits per heavy atom. The maximum absolute atomic E-state index is 10.5. The number of nitrogens with zero attached hydrogens (tertiary/aromatic N) is 3. The highest BCUT2D eigenvalue weighted by Gasteiger charge is 2.26. The van der Waals surface area contributed by atoms with Gasteiger partial charge >= 0.3 is 0 Å². The van der Waals surface area contributed by atoms with Crippen LogP contribution in [0.5, 0.6) is 0 Å². The molecule has 16 heavy (non-hydrogen) atoms. The summed E-state index contributed by atoms with van der Waals surface area (Å²) in [4.78, 5) is 28.3. The lowest BCUT2D eigenvalue weighted by atomic mass is 9.91. The molecule has 2 radical (unpaired) electrons. The fourth-order valence-electron chi connectivity index (χ4n) is 1.02. The highest BCUT2D eigenvalue weighted by molar-refractivity contribution is 6.38. The van der Waals surface area contributed by atoms with Crippen molar-refractivity contribution >= 4 is 30.4 Å². The molecule has 0 saturated heterocycles. The molecular formula is C6H2BN3O6. The monoisotopic (exact) mass is 223 g/mol. The molecule has 9 nitrogen and oxygen atoms in total. The van der Waals surface area contributed by atoms with Gasteiger partial charge in [0.15, 0.2) is 0 Å². The molecule has 10 heteroatoms. The van der Waals surface area contributed by atoms with Crippen molar-refractivity contribution in [3.8, 4) is 0 Å². The lowest BCUT2D eigenvalue weighted by Crippen LogP contribution is -2.15. The largest absolute Gasteiger partial charge is 0.283 e. The smallest absolute Gasteiger partial charge is 0.258 e. The first-order chi connectivity index (χ1) is 7.34. The van der Waals surface area contributed by atoms with Gasteiger partial charge in [0.25, 0.3) is 17.1 Å². The molecule has 1 rings (SSSR count). The molecule has 1 aromatic rings. The third-order valence-electron chi connectivity index (χ3n) is 1.73. The summed E-state index contributed by atoms with van der Waals surface area (Å²) >= 11 is 0. The van der Waals surface area contributed by atoms with Gasteiger partial charge in [0.1, 0.15) is 7.85 Å². The van der Waals surface area contributed by atoms with Crippen molar-refractivity contribution in [1.82, 2.24) is 0 Å². The van der Waals surface area contributed by atoms with E-state index in [0.717, 1.165) is 0 Å². The van der Waals surface area contributed by atoms with Crippen molar-refractivity contribution in [2.45, 2.75) is 0 Å². The Kier molecular flexibility index (Phi) is 2.84. The molecular weight excluding hydrogens is 221 g/mol. The van der Waals surface area contributed by atoms with Crippen LogP contribution in [0, 0.1) is 30.3 Å². The molecule has 1 aromatic carbocycles. The van der Waals surface area contributed by atoms with Gasteiger partial charge in [-0.05, 0) is 0 Å². The van der Waals surface area contributed by atoms with E-state index < -0.39 is 37.3 Å². The molecule has 0 aromatic heterocycles. The van der Waals surface area contributed by atoms with Crippen LogP contribution < -0.4 is 5.46 Å². The van der Waals surface area contributed by atoms with E-state index >= 15 is 0 Å². The molecule has 0 fully saturated rings. The normalized spacial score (nSPS) is 9.75. The summed E-state index contributed by atoms with van der Waals surface area (Å²) in [6.07, 6.45) is 0. The molecule has 0 aliphatic heterocycles. The van der Waals surface area contributed by atoms with Crippen LogP contribution >= 0.6 is 0 Å². The average molecular weight is 223 g/mol. The Bertz CT molecular complexity index is 466. The molecule has 0 N–H and O–H groups in total. The number of hydrogen-bond acceptors (Lipinski definition) is 6. The van der Waals surface area contributed by atoms with Crippen molar-refractivity contribution in [2.24, 2.45) is 0 Å². The molecule has 0 heterocycles. The summed E-state index contributed by atoms with van der Waals surface area (Å²) in [6, 6.07) is 1.14. The van der Waals surface area contributed by atoms with Gasteiger partial charge in [0, 0.05) is 0 Å². The highest BCUT2D eigenvalue weighted by atomic mass is 16.6. The Balaban J connectivity index is 3.57. The topological polar surface area (TPSA) is 129 Å². The van der Waals surface area contributed by atoms with E-state index in [1.807, 2.05) is 0 Å². The summed E-state index contributed by atoms with van der Waals surface area (Å²) in [7, 11) is 5.15. The predicted molar refractivity (Wildman–Crippen MR) is 51.8 cm³/mol. The molecule has 0 amide bonds. The number of nitro benzene ring substituents is 3. The van der Waals surface area contributed by atoms with E-state index in [9.17, 15) is 30.3 Å². The second-order valence-corrected chi connectivity index (χ2v) is 2.67. The van der Waals surface area contributed by atoms with E-state index in [0.29, 0.717) is 12.1 Å². The molecule has 0 spiro atoms. The molecule has 0 atom stereocenters. The van der Waals surface area contributed by atoms with Gasteiger partial charge in [-0.3, -0.25) is 30.3 Å². The second-order valence-electron chi connectivity index (χ2n) is 2.67. The summed E-state index contributed by atoms with van der Waals surface area (Å²) < 4.78 is 0. The van der Waals surface area contributed by atoms with E-state index in [2.05, 4.69) is 0 Å². The number of benzene rings is 1. The van der Waals surface area contributed by atoms with Crippen molar-refractivity contribution < 1.29 is 14.8 Å². The standard InChI is InChI=1S/C6H2BN3O6/c7-6-4(9(13)14)1-3(8(11)12)2-5(6)10(15)16/h1-2H. The molecule has 0 bridgehead atoms. The van der Waals surface area contributed by atoms with Crippen molar-refractivity contribution in [3.63, 3.8) is 0 Å². The van der Waals surface area contributed by atoms with Crippen LogP contribution in [0.4, 0.5) is 17.1 Å². The van der Waals surface area contributed by atoms with Crippen LogP contribution in [0.2, 0.25) is 0 Å². The van der Waals surface area contributed by atoms with Gasteiger partial charge in [0.05, 0.1) is 32.4 Å². The molecule has 0 unspecified atom stereocenters. The Morgan fingerprint density at radius 3 is 1.50 bits per heavy atom. The minimum absolute atomic E-state index is 0.572. The van der Waals surface area contributed by atoms with Crippen molar-refractivity contribution in [3.05, 3.63) is 42.5 Å². The summed E-state index contributed by atoms with van der Waals surface area (Å²) in [5.74, 6) is 0. The number of nitro groups is 3. The van der Waals surface area contributed by atoms with Gasteiger partial charge < -0.3 is 0 Å². The predicted octanol–water partition coefficient (Wildman–Crippen LogP) is 0.205. The van der Waals surface area contributed by atoms with Crippen LogP contribution in [-0.2, 0) is 0 Å². The van der Waals surface area contributed by atoms with Gasteiger partial charge in [-0.2, -0.15) is 0 Å². The SMILES string of the molecule is [B]c1c([N+](=O)[O-])cc([N+](=O)[O-])cc1[N+](=O)[O-]. The van der Waals surface area contributed by atoms with Gasteiger partial charge in [-0.15, -0.1) is 0 Å². The Hall–Kier alpha value is -2.52. The third kappa shape index (κ3) is 1.94. The summed E-state index contributed by atoms with van der Waals surface area (Å²) in [6.45, 7) is 0. The van der Waals surface area contributed by atoms with Crippen LogP contribution in [0.3, 0.4) is 0 Å². The van der Waals surface area contributed by atoms with Crippen molar-refractivity contribution in [1.29, 1.82) is 0 Å². The number of hydrogen-bond donors (Lipinski definition) is 0. The fourth-order valence-corrected chi connectivity index (χ4v) is 1.02. The second kappa shape index (κ2) is 3.92. The Morgan fingerprint density at radius 2 is 1.25 bits per heavy atom. The van der Waals surface area contributed by atoms with Gasteiger partial charge in [0.2, 0.25) is 0 Å². The van der Waals surface area contributed by atoms with Crippen molar-refractivity contribution in [2.75, 3.05) is 0 Å².